The molecule has 0 aromatic heterocycles. The number of hydrogen-bond donors (Lipinski definition) is 1. The fraction of sp³-hybridized carbons (Fsp3) is 1.00. The molecule has 5 heteroatoms. The van der Waals surface area contributed by atoms with Gasteiger partial charge in [-0.2, -0.15) is 0 Å². The smallest absolute Gasteiger partial charge is 0.152 e. The normalized spacial score (nSPS) is 20.1. The molecule has 0 amide bonds. The zero-order valence-corrected chi connectivity index (χ0v) is 10.9. The van der Waals surface area contributed by atoms with Crippen LogP contribution in [0.15, 0.2) is 0 Å². The van der Waals surface area contributed by atoms with Crippen LogP contribution in [0, 0.1) is 0 Å². The Labute approximate surface area is 98.5 Å². The monoisotopic (exact) mass is 249 g/mol. The van der Waals surface area contributed by atoms with Gasteiger partial charge in [0, 0.05) is 11.3 Å². The molecular weight excluding hydrogens is 226 g/mol. The van der Waals surface area contributed by atoms with Crippen molar-refractivity contribution in [2.75, 3.05) is 24.7 Å². The molecule has 96 valence electrons. The molecule has 1 aliphatic carbocycles. The summed E-state index contributed by atoms with van der Waals surface area (Å²) in [4.78, 5) is 0. The Morgan fingerprint density at radius 2 is 1.88 bits per heavy atom. The summed E-state index contributed by atoms with van der Waals surface area (Å²) in [5, 5.41) is 0. The SMILES string of the molecule is CCCS(=O)(=O)CCOCC1(N)CCCC1. The molecule has 0 radical (unpaired) electrons. The molecule has 16 heavy (non-hydrogen) atoms. The van der Waals surface area contributed by atoms with Crippen LogP contribution >= 0.6 is 0 Å². The van der Waals surface area contributed by atoms with Crippen molar-refractivity contribution in [3.8, 4) is 0 Å². The molecule has 1 aliphatic rings. The number of rotatable bonds is 7. The highest BCUT2D eigenvalue weighted by atomic mass is 32.2. The Morgan fingerprint density at radius 1 is 1.25 bits per heavy atom. The van der Waals surface area contributed by atoms with Crippen LogP contribution in [-0.2, 0) is 14.6 Å². The van der Waals surface area contributed by atoms with Crippen molar-refractivity contribution < 1.29 is 13.2 Å². The Hall–Kier alpha value is -0.130. The van der Waals surface area contributed by atoms with E-state index in [-0.39, 0.29) is 23.7 Å². The van der Waals surface area contributed by atoms with E-state index in [1.54, 1.807) is 0 Å². The van der Waals surface area contributed by atoms with Crippen molar-refractivity contribution in [3.63, 3.8) is 0 Å². The lowest BCUT2D eigenvalue weighted by Crippen LogP contribution is -2.41. The summed E-state index contributed by atoms with van der Waals surface area (Å²) in [5.41, 5.74) is 5.89. The first-order valence-corrected chi connectivity index (χ1v) is 7.87. The Balaban J connectivity index is 2.16. The summed E-state index contributed by atoms with van der Waals surface area (Å²) in [7, 11) is -2.91. The van der Waals surface area contributed by atoms with Crippen molar-refractivity contribution in [1.29, 1.82) is 0 Å². The van der Waals surface area contributed by atoms with Crippen LogP contribution in [0.5, 0.6) is 0 Å². The standard InChI is InChI=1S/C11H23NO3S/c1-2-8-16(13,14)9-7-15-10-11(12)5-3-4-6-11/h2-10,12H2,1H3. The Bertz CT molecular complexity index is 294. The van der Waals surface area contributed by atoms with Gasteiger partial charge < -0.3 is 10.5 Å². The van der Waals surface area contributed by atoms with Crippen LogP contribution < -0.4 is 5.73 Å². The van der Waals surface area contributed by atoms with Gasteiger partial charge in [0.2, 0.25) is 0 Å². The van der Waals surface area contributed by atoms with Gasteiger partial charge in [-0.3, -0.25) is 0 Å². The van der Waals surface area contributed by atoms with Crippen LogP contribution in [0.3, 0.4) is 0 Å². The van der Waals surface area contributed by atoms with Crippen molar-refractivity contribution >= 4 is 9.84 Å². The Morgan fingerprint density at radius 3 is 2.44 bits per heavy atom. The van der Waals surface area contributed by atoms with E-state index in [2.05, 4.69) is 0 Å². The first kappa shape index (κ1) is 13.9. The van der Waals surface area contributed by atoms with E-state index in [1.807, 2.05) is 6.92 Å². The third-order valence-corrected chi connectivity index (χ3v) is 4.86. The van der Waals surface area contributed by atoms with E-state index in [1.165, 1.54) is 0 Å². The molecular formula is C11H23NO3S. The minimum atomic E-state index is -2.91. The average Bonchev–Trinajstić information content (AvgIpc) is 2.61. The number of hydrogen-bond acceptors (Lipinski definition) is 4. The van der Waals surface area contributed by atoms with E-state index in [4.69, 9.17) is 10.5 Å². The molecule has 1 saturated carbocycles. The summed E-state index contributed by atoms with van der Waals surface area (Å²) in [5.74, 6) is 0.376. The molecule has 0 aromatic rings. The first-order valence-electron chi connectivity index (χ1n) is 6.04. The molecule has 1 rings (SSSR count). The maximum atomic E-state index is 11.4. The van der Waals surface area contributed by atoms with Gasteiger partial charge in [0.1, 0.15) is 0 Å². The van der Waals surface area contributed by atoms with Gasteiger partial charge in [0.25, 0.3) is 0 Å². The molecule has 1 fully saturated rings. The van der Waals surface area contributed by atoms with Crippen molar-refractivity contribution in [1.82, 2.24) is 0 Å². The number of ether oxygens (including phenoxy) is 1. The van der Waals surface area contributed by atoms with Crippen molar-refractivity contribution in [2.45, 2.75) is 44.6 Å². The van der Waals surface area contributed by atoms with E-state index < -0.39 is 9.84 Å². The van der Waals surface area contributed by atoms with E-state index in [9.17, 15) is 8.42 Å². The van der Waals surface area contributed by atoms with Gasteiger partial charge in [-0.25, -0.2) is 8.42 Å². The molecule has 0 spiro atoms. The first-order chi connectivity index (χ1) is 7.47. The summed E-state index contributed by atoms with van der Waals surface area (Å²) in [6.45, 7) is 2.64. The molecule has 0 saturated heterocycles. The second-order valence-electron chi connectivity index (χ2n) is 4.77. The summed E-state index contributed by atoms with van der Waals surface area (Å²) in [6, 6.07) is 0. The summed E-state index contributed by atoms with van der Waals surface area (Å²) < 4.78 is 28.2. The van der Waals surface area contributed by atoms with Crippen molar-refractivity contribution in [3.05, 3.63) is 0 Å². The van der Waals surface area contributed by atoms with Gasteiger partial charge in [-0.05, 0) is 19.3 Å². The van der Waals surface area contributed by atoms with Crippen LogP contribution in [0.2, 0.25) is 0 Å². The molecule has 0 aliphatic heterocycles. The van der Waals surface area contributed by atoms with E-state index in [0.717, 1.165) is 25.7 Å². The van der Waals surface area contributed by atoms with Gasteiger partial charge >= 0.3 is 0 Å². The average molecular weight is 249 g/mol. The topological polar surface area (TPSA) is 69.4 Å². The highest BCUT2D eigenvalue weighted by Gasteiger charge is 2.29. The second kappa shape index (κ2) is 5.98. The summed E-state index contributed by atoms with van der Waals surface area (Å²) >= 11 is 0. The van der Waals surface area contributed by atoms with Crippen molar-refractivity contribution in [2.24, 2.45) is 5.73 Å². The quantitative estimate of drug-likeness (QED) is 0.686. The van der Waals surface area contributed by atoms with E-state index in [0.29, 0.717) is 13.0 Å². The zero-order chi connectivity index (χ0) is 12.1. The number of nitrogens with two attached hydrogens (primary N) is 1. The molecule has 0 heterocycles. The lowest BCUT2D eigenvalue weighted by atomic mass is 10.0. The molecule has 0 bridgehead atoms. The van der Waals surface area contributed by atoms with Gasteiger partial charge in [-0.1, -0.05) is 19.8 Å². The lowest BCUT2D eigenvalue weighted by molar-refractivity contribution is 0.0979. The maximum absolute atomic E-state index is 11.4. The molecule has 4 nitrogen and oxygen atoms in total. The predicted octanol–water partition coefficient (Wildman–Crippen LogP) is 1.10. The van der Waals surface area contributed by atoms with Crippen LogP contribution in [0.4, 0.5) is 0 Å². The summed E-state index contributed by atoms with van der Waals surface area (Å²) in [6.07, 6.45) is 4.98. The molecule has 0 aromatic carbocycles. The highest BCUT2D eigenvalue weighted by Crippen LogP contribution is 2.27. The van der Waals surface area contributed by atoms with E-state index >= 15 is 0 Å². The largest absolute Gasteiger partial charge is 0.378 e. The van der Waals surface area contributed by atoms with Crippen LogP contribution in [0.25, 0.3) is 0 Å². The fourth-order valence-corrected chi connectivity index (χ4v) is 3.30. The van der Waals surface area contributed by atoms with Gasteiger partial charge in [0.15, 0.2) is 9.84 Å². The highest BCUT2D eigenvalue weighted by molar-refractivity contribution is 7.91. The van der Waals surface area contributed by atoms with Crippen LogP contribution in [0.1, 0.15) is 39.0 Å². The third-order valence-electron chi connectivity index (χ3n) is 3.04. The zero-order valence-electron chi connectivity index (χ0n) is 10.1. The van der Waals surface area contributed by atoms with Gasteiger partial charge in [-0.15, -0.1) is 0 Å². The van der Waals surface area contributed by atoms with Crippen LogP contribution in [-0.4, -0.2) is 38.7 Å². The Kier molecular flexibility index (Phi) is 5.21. The lowest BCUT2D eigenvalue weighted by Gasteiger charge is -2.23. The minimum absolute atomic E-state index is 0.122. The molecule has 2 N–H and O–H groups in total. The molecule has 0 atom stereocenters. The third kappa shape index (κ3) is 4.80. The molecule has 0 unspecified atom stereocenters. The fourth-order valence-electron chi connectivity index (χ4n) is 2.10. The van der Waals surface area contributed by atoms with Gasteiger partial charge in [0.05, 0.1) is 19.0 Å². The second-order valence-corrected chi connectivity index (χ2v) is 7.08. The number of sulfone groups is 1. The maximum Gasteiger partial charge on any atom is 0.152 e. The minimum Gasteiger partial charge on any atom is -0.378 e. The predicted molar refractivity (Wildman–Crippen MR) is 65.2 cm³/mol.